The lowest BCUT2D eigenvalue weighted by Crippen LogP contribution is -1.93. The molecule has 0 atom stereocenters. The highest BCUT2D eigenvalue weighted by atomic mass is 16.5. The first-order chi connectivity index (χ1) is 8.33. The van der Waals surface area contributed by atoms with Crippen molar-refractivity contribution in [3.63, 3.8) is 0 Å². The summed E-state index contributed by atoms with van der Waals surface area (Å²) < 4.78 is 5.68. The number of aromatic nitrogens is 1. The van der Waals surface area contributed by atoms with Crippen molar-refractivity contribution in [3.05, 3.63) is 48.3 Å². The highest BCUT2D eigenvalue weighted by Crippen LogP contribution is 2.26. The fraction of sp³-hybridized carbons (Fsp3) is 0.154. The predicted molar refractivity (Wildman–Crippen MR) is 66.2 cm³/mol. The minimum atomic E-state index is -0.0463. The minimum Gasteiger partial charge on any atom is -0.455 e. The molecule has 1 heterocycles. The molecule has 0 aliphatic carbocycles. The summed E-state index contributed by atoms with van der Waals surface area (Å²) in [7, 11) is 1.82. The van der Waals surface area contributed by atoms with E-state index in [4.69, 9.17) is 4.74 Å². The molecule has 1 aromatic heterocycles. The van der Waals surface area contributed by atoms with Crippen LogP contribution in [0.2, 0.25) is 0 Å². The van der Waals surface area contributed by atoms with Crippen LogP contribution in [0.25, 0.3) is 0 Å². The number of para-hydroxylation sites is 1. The Labute approximate surface area is 99.9 Å². The van der Waals surface area contributed by atoms with Crippen molar-refractivity contribution < 1.29 is 9.84 Å². The van der Waals surface area contributed by atoms with Gasteiger partial charge >= 0.3 is 0 Å². The number of aliphatic hydroxyl groups is 1. The zero-order valence-corrected chi connectivity index (χ0v) is 9.55. The van der Waals surface area contributed by atoms with Crippen LogP contribution in [-0.4, -0.2) is 17.1 Å². The third kappa shape index (κ3) is 2.73. The summed E-state index contributed by atoms with van der Waals surface area (Å²) in [5.74, 6) is 1.28. The van der Waals surface area contributed by atoms with Gasteiger partial charge < -0.3 is 15.2 Å². The van der Waals surface area contributed by atoms with Crippen LogP contribution in [0.4, 0.5) is 5.69 Å². The average Bonchev–Trinajstić information content (AvgIpc) is 2.39. The van der Waals surface area contributed by atoms with Crippen molar-refractivity contribution in [2.45, 2.75) is 6.61 Å². The topological polar surface area (TPSA) is 54.4 Å². The Morgan fingerprint density at radius 3 is 2.88 bits per heavy atom. The van der Waals surface area contributed by atoms with Gasteiger partial charge in [0.15, 0.2) is 0 Å². The van der Waals surface area contributed by atoms with Crippen LogP contribution < -0.4 is 10.1 Å². The molecule has 88 valence electrons. The summed E-state index contributed by atoms with van der Waals surface area (Å²) in [4.78, 5) is 4.06. The third-order valence-corrected chi connectivity index (χ3v) is 2.37. The molecular formula is C13H14N2O2. The van der Waals surface area contributed by atoms with E-state index in [-0.39, 0.29) is 6.61 Å². The highest BCUT2D eigenvalue weighted by Gasteiger charge is 2.03. The van der Waals surface area contributed by atoms with Crippen molar-refractivity contribution in [1.82, 2.24) is 4.98 Å². The normalized spacial score (nSPS) is 10.0. The van der Waals surface area contributed by atoms with E-state index in [2.05, 4.69) is 10.3 Å². The number of anilines is 1. The van der Waals surface area contributed by atoms with E-state index in [9.17, 15) is 5.11 Å². The monoisotopic (exact) mass is 230 g/mol. The fourth-order valence-electron chi connectivity index (χ4n) is 1.47. The number of nitrogens with zero attached hydrogens (tertiary/aromatic N) is 1. The number of nitrogens with one attached hydrogen (secondary N) is 1. The molecule has 4 nitrogen and oxygen atoms in total. The molecule has 2 N–H and O–H groups in total. The molecule has 0 aliphatic rings. The number of pyridine rings is 1. The van der Waals surface area contributed by atoms with E-state index in [0.29, 0.717) is 11.5 Å². The van der Waals surface area contributed by atoms with Crippen molar-refractivity contribution in [3.8, 4) is 11.5 Å². The maximum absolute atomic E-state index is 9.19. The molecular weight excluding hydrogens is 216 g/mol. The van der Waals surface area contributed by atoms with Gasteiger partial charge in [-0.2, -0.15) is 0 Å². The Morgan fingerprint density at radius 1 is 1.29 bits per heavy atom. The fourth-order valence-corrected chi connectivity index (χ4v) is 1.47. The Kier molecular flexibility index (Phi) is 3.57. The van der Waals surface area contributed by atoms with E-state index < -0.39 is 0 Å². The van der Waals surface area contributed by atoms with Crippen molar-refractivity contribution in [2.75, 3.05) is 12.4 Å². The maximum Gasteiger partial charge on any atom is 0.147 e. The molecule has 0 spiro atoms. The van der Waals surface area contributed by atoms with Gasteiger partial charge in [-0.25, -0.2) is 0 Å². The second-order valence-electron chi connectivity index (χ2n) is 3.53. The van der Waals surface area contributed by atoms with Gasteiger partial charge in [0.05, 0.1) is 24.7 Å². The number of hydrogen-bond acceptors (Lipinski definition) is 4. The largest absolute Gasteiger partial charge is 0.455 e. The summed E-state index contributed by atoms with van der Waals surface area (Å²) in [5.41, 5.74) is 1.63. The molecule has 0 saturated heterocycles. The summed E-state index contributed by atoms with van der Waals surface area (Å²) in [5, 5.41) is 12.2. The van der Waals surface area contributed by atoms with Crippen LogP contribution in [0.15, 0.2) is 42.7 Å². The van der Waals surface area contributed by atoms with Crippen LogP contribution in [0.5, 0.6) is 11.5 Å². The summed E-state index contributed by atoms with van der Waals surface area (Å²) in [6.07, 6.45) is 3.35. The molecule has 1 aromatic carbocycles. The SMILES string of the molecule is CNc1cncc(Oc2ccccc2CO)c1. The molecule has 0 aliphatic heterocycles. The van der Waals surface area contributed by atoms with Crippen LogP contribution in [-0.2, 0) is 6.61 Å². The molecule has 0 saturated carbocycles. The van der Waals surface area contributed by atoms with Gasteiger partial charge in [-0.1, -0.05) is 18.2 Å². The minimum absolute atomic E-state index is 0.0463. The molecule has 0 unspecified atom stereocenters. The van der Waals surface area contributed by atoms with E-state index in [1.807, 2.05) is 37.4 Å². The molecule has 0 radical (unpaired) electrons. The van der Waals surface area contributed by atoms with Crippen molar-refractivity contribution >= 4 is 5.69 Å². The van der Waals surface area contributed by atoms with E-state index in [1.165, 1.54) is 0 Å². The molecule has 2 aromatic rings. The highest BCUT2D eigenvalue weighted by molar-refractivity contribution is 5.46. The molecule has 0 fully saturated rings. The first-order valence-electron chi connectivity index (χ1n) is 5.33. The molecule has 2 rings (SSSR count). The first kappa shape index (κ1) is 11.4. The van der Waals surface area contributed by atoms with Crippen LogP contribution in [0.3, 0.4) is 0 Å². The maximum atomic E-state index is 9.19. The van der Waals surface area contributed by atoms with Gasteiger partial charge in [-0.3, -0.25) is 4.98 Å². The van der Waals surface area contributed by atoms with E-state index in [0.717, 1.165) is 11.3 Å². The predicted octanol–water partition coefficient (Wildman–Crippen LogP) is 2.41. The molecule has 0 bridgehead atoms. The first-order valence-corrected chi connectivity index (χ1v) is 5.33. The Balaban J connectivity index is 2.24. The Bertz CT molecular complexity index is 500. The van der Waals surface area contributed by atoms with Gasteiger partial charge in [0.1, 0.15) is 11.5 Å². The van der Waals surface area contributed by atoms with Gasteiger partial charge in [0, 0.05) is 18.7 Å². The lowest BCUT2D eigenvalue weighted by atomic mass is 10.2. The number of rotatable bonds is 4. The van der Waals surface area contributed by atoms with E-state index in [1.54, 1.807) is 12.4 Å². The van der Waals surface area contributed by atoms with Crippen LogP contribution in [0.1, 0.15) is 5.56 Å². The van der Waals surface area contributed by atoms with Gasteiger partial charge in [-0.15, -0.1) is 0 Å². The molecule has 0 amide bonds. The number of hydrogen-bond donors (Lipinski definition) is 2. The molecule has 17 heavy (non-hydrogen) atoms. The average molecular weight is 230 g/mol. The van der Waals surface area contributed by atoms with Gasteiger partial charge in [0.25, 0.3) is 0 Å². The van der Waals surface area contributed by atoms with Crippen LogP contribution in [0, 0.1) is 0 Å². The van der Waals surface area contributed by atoms with Crippen molar-refractivity contribution in [1.29, 1.82) is 0 Å². The summed E-state index contributed by atoms with van der Waals surface area (Å²) >= 11 is 0. The quantitative estimate of drug-likeness (QED) is 0.846. The van der Waals surface area contributed by atoms with Crippen LogP contribution >= 0.6 is 0 Å². The number of aliphatic hydroxyl groups excluding tert-OH is 1. The summed E-state index contributed by atoms with van der Waals surface area (Å²) in [6, 6.07) is 9.22. The number of ether oxygens (including phenoxy) is 1. The van der Waals surface area contributed by atoms with Gasteiger partial charge in [0.2, 0.25) is 0 Å². The second kappa shape index (κ2) is 5.32. The number of benzene rings is 1. The zero-order valence-electron chi connectivity index (χ0n) is 9.55. The Hall–Kier alpha value is -2.07. The lowest BCUT2D eigenvalue weighted by Gasteiger charge is -2.09. The van der Waals surface area contributed by atoms with Crippen molar-refractivity contribution in [2.24, 2.45) is 0 Å². The third-order valence-electron chi connectivity index (χ3n) is 2.37. The second-order valence-corrected chi connectivity index (χ2v) is 3.53. The molecule has 4 heteroatoms. The van der Waals surface area contributed by atoms with E-state index >= 15 is 0 Å². The summed E-state index contributed by atoms with van der Waals surface area (Å²) in [6.45, 7) is -0.0463. The lowest BCUT2D eigenvalue weighted by molar-refractivity contribution is 0.276. The smallest absolute Gasteiger partial charge is 0.147 e. The Morgan fingerprint density at radius 2 is 2.12 bits per heavy atom. The standard InChI is InChI=1S/C13H14N2O2/c1-14-11-6-12(8-15-7-11)17-13-5-3-2-4-10(13)9-16/h2-8,14,16H,9H2,1H3. The zero-order chi connectivity index (χ0) is 12.1. The van der Waals surface area contributed by atoms with Gasteiger partial charge in [-0.05, 0) is 6.07 Å².